The predicted octanol–water partition coefficient (Wildman–Crippen LogP) is 4.35. The molecule has 0 saturated heterocycles. The van der Waals surface area contributed by atoms with Crippen molar-refractivity contribution < 1.29 is 9.59 Å². The van der Waals surface area contributed by atoms with E-state index in [0.29, 0.717) is 11.4 Å². The van der Waals surface area contributed by atoms with E-state index in [9.17, 15) is 9.59 Å². The molecule has 0 fully saturated rings. The van der Waals surface area contributed by atoms with Gasteiger partial charge in [-0.1, -0.05) is 36.4 Å². The number of hydrogen-bond donors (Lipinski definition) is 2. The normalized spacial score (nSPS) is 10.1. The van der Waals surface area contributed by atoms with E-state index in [-0.39, 0.29) is 23.2 Å². The third kappa shape index (κ3) is 4.30. The first kappa shape index (κ1) is 16.9. The molecule has 0 aliphatic heterocycles. The molecule has 25 heavy (non-hydrogen) atoms. The molecule has 2 N–H and O–H groups in total. The lowest BCUT2D eigenvalue weighted by Crippen LogP contribution is -2.18. The van der Waals surface area contributed by atoms with Crippen LogP contribution in [0.2, 0.25) is 0 Å². The molecule has 0 aliphatic carbocycles. The maximum Gasteiger partial charge on any atom is 0.274 e. The Balaban J connectivity index is 1.76. The third-order valence-corrected chi connectivity index (χ3v) is 4.06. The predicted molar refractivity (Wildman–Crippen MR) is 101 cm³/mol. The van der Waals surface area contributed by atoms with Gasteiger partial charge in [0.05, 0.1) is 5.69 Å². The zero-order valence-electron chi connectivity index (χ0n) is 13.1. The van der Waals surface area contributed by atoms with E-state index in [0.717, 1.165) is 4.47 Å². The largest absolute Gasteiger partial charge is 0.321 e. The van der Waals surface area contributed by atoms with Crippen molar-refractivity contribution in [1.82, 2.24) is 4.98 Å². The number of para-hydroxylation sites is 2. The van der Waals surface area contributed by atoms with Crippen LogP contribution in [0.15, 0.2) is 77.3 Å². The van der Waals surface area contributed by atoms with Crippen molar-refractivity contribution in [3.05, 3.63) is 88.7 Å². The number of anilines is 2. The van der Waals surface area contributed by atoms with Gasteiger partial charge < -0.3 is 10.6 Å². The molecular formula is C19H14BrN3O2. The first-order valence-electron chi connectivity index (χ1n) is 7.53. The molecular weight excluding hydrogens is 382 g/mol. The first-order valence-corrected chi connectivity index (χ1v) is 8.32. The number of carbonyl (C=O) groups is 2. The topological polar surface area (TPSA) is 71.1 Å². The van der Waals surface area contributed by atoms with Crippen molar-refractivity contribution >= 4 is 39.1 Å². The highest BCUT2D eigenvalue weighted by molar-refractivity contribution is 9.10. The summed E-state index contributed by atoms with van der Waals surface area (Å²) in [5, 5.41) is 5.50. The van der Waals surface area contributed by atoms with Crippen molar-refractivity contribution in [2.75, 3.05) is 10.6 Å². The molecule has 0 bridgehead atoms. The Morgan fingerprint density at radius 3 is 2.00 bits per heavy atom. The first-order chi connectivity index (χ1) is 12.1. The minimum atomic E-state index is -0.388. The van der Waals surface area contributed by atoms with Crippen molar-refractivity contribution in [1.29, 1.82) is 0 Å². The average Bonchev–Trinajstić information content (AvgIpc) is 2.64. The number of halogens is 1. The van der Waals surface area contributed by atoms with Crippen LogP contribution in [0.5, 0.6) is 0 Å². The molecule has 0 aliphatic rings. The lowest BCUT2D eigenvalue weighted by atomic mass is 10.2. The lowest BCUT2D eigenvalue weighted by molar-refractivity contribution is 0.101. The fraction of sp³-hybridized carbons (Fsp3) is 0. The number of nitrogens with zero attached hydrogens (tertiary/aromatic N) is 1. The third-order valence-electron chi connectivity index (χ3n) is 3.37. The molecule has 1 aromatic heterocycles. The van der Waals surface area contributed by atoms with Gasteiger partial charge in [-0.05, 0) is 52.3 Å². The van der Waals surface area contributed by atoms with Gasteiger partial charge in [-0.3, -0.25) is 9.59 Å². The molecule has 2 aromatic carbocycles. The Morgan fingerprint density at radius 2 is 1.32 bits per heavy atom. The van der Waals surface area contributed by atoms with Gasteiger partial charge in [-0.25, -0.2) is 4.98 Å². The number of aromatic nitrogens is 1. The lowest BCUT2D eigenvalue weighted by Gasteiger charge is -2.08. The van der Waals surface area contributed by atoms with Gasteiger partial charge in [0.2, 0.25) is 0 Å². The van der Waals surface area contributed by atoms with E-state index in [1.165, 1.54) is 0 Å². The van der Waals surface area contributed by atoms with Crippen LogP contribution >= 0.6 is 15.9 Å². The average molecular weight is 396 g/mol. The van der Waals surface area contributed by atoms with Crippen LogP contribution in [0.25, 0.3) is 0 Å². The van der Waals surface area contributed by atoms with Gasteiger partial charge in [0.1, 0.15) is 11.4 Å². The van der Waals surface area contributed by atoms with E-state index < -0.39 is 0 Å². The van der Waals surface area contributed by atoms with Crippen LogP contribution in [0.1, 0.15) is 21.0 Å². The van der Waals surface area contributed by atoms with Crippen molar-refractivity contribution in [3.8, 4) is 0 Å². The molecule has 3 rings (SSSR count). The number of hydrogen-bond acceptors (Lipinski definition) is 3. The highest BCUT2D eigenvalue weighted by Crippen LogP contribution is 2.21. The van der Waals surface area contributed by atoms with E-state index in [4.69, 9.17) is 0 Å². The monoisotopic (exact) mass is 395 g/mol. The molecule has 2 amide bonds. The maximum atomic E-state index is 12.4. The van der Waals surface area contributed by atoms with Gasteiger partial charge in [0, 0.05) is 10.2 Å². The van der Waals surface area contributed by atoms with Crippen molar-refractivity contribution in [2.24, 2.45) is 0 Å². The minimum Gasteiger partial charge on any atom is -0.321 e. The van der Waals surface area contributed by atoms with Crippen molar-refractivity contribution in [2.45, 2.75) is 0 Å². The summed E-state index contributed by atoms with van der Waals surface area (Å²) in [5.74, 6) is -0.761. The smallest absolute Gasteiger partial charge is 0.274 e. The van der Waals surface area contributed by atoms with Gasteiger partial charge in [0.25, 0.3) is 11.8 Å². The second-order valence-corrected chi connectivity index (χ2v) is 6.02. The molecule has 0 atom stereocenters. The Labute approximate surface area is 153 Å². The van der Waals surface area contributed by atoms with Crippen LogP contribution in [0, 0.1) is 0 Å². The van der Waals surface area contributed by atoms with Gasteiger partial charge in [-0.2, -0.15) is 0 Å². The van der Waals surface area contributed by atoms with E-state index in [2.05, 4.69) is 31.5 Å². The molecule has 0 saturated carbocycles. The van der Waals surface area contributed by atoms with E-state index in [1.807, 2.05) is 36.4 Å². The van der Waals surface area contributed by atoms with Crippen molar-refractivity contribution in [3.63, 3.8) is 0 Å². The minimum absolute atomic E-state index is 0.163. The number of amides is 2. The van der Waals surface area contributed by atoms with Gasteiger partial charge >= 0.3 is 0 Å². The molecule has 1 heterocycles. The summed E-state index contributed by atoms with van der Waals surface area (Å²) in [6.07, 6.45) is 0. The number of pyridine rings is 1. The molecule has 5 nitrogen and oxygen atoms in total. The Bertz CT molecular complexity index is 913. The van der Waals surface area contributed by atoms with Gasteiger partial charge in [0.15, 0.2) is 0 Å². The van der Waals surface area contributed by atoms with E-state index >= 15 is 0 Å². The molecule has 0 spiro atoms. The number of rotatable bonds is 4. The summed E-state index contributed by atoms with van der Waals surface area (Å²) >= 11 is 3.37. The fourth-order valence-corrected chi connectivity index (χ4v) is 2.54. The second kappa shape index (κ2) is 7.72. The standard InChI is InChI=1S/C19H14BrN3O2/c20-14-9-4-5-10-15(14)23-19(25)17-12-6-11-16(22-17)18(24)21-13-7-2-1-3-8-13/h1-12H,(H,21,24)(H,23,25). The number of benzene rings is 2. The van der Waals surface area contributed by atoms with Crippen LogP contribution in [-0.2, 0) is 0 Å². The Morgan fingerprint density at radius 1 is 0.720 bits per heavy atom. The molecule has 124 valence electrons. The second-order valence-electron chi connectivity index (χ2n) is 5.16. The highest BCUT2D eigenvalue weighted by atomic mass is 79.9. The Hall–Kier alpha value is -2.99. The zero-order chi connectivity index (χ0) is 17.6. The summed E-state index contributed by atoms with van der Waals surface area (Å²) < 4.78 is 0.765. The summed E-state index contributed by atoms with van der Waals surface area (Å²) in [6.45, 7) is 0. The SMILES string of the molecule is O=C(Nc1ccccc1)c1cccc(C(=O)Nc2ccccc2Br)n1. The summed E-state index contributed by atoms with van der Waals surface area (Å²) in [5.41, 5.74) is 1.63. The van der Waals surface area contributed by atoms with E-state index in [1.54, 1.807) is 36.4 Å². The van der Waals surface area contributed by atoms with Crippen LogP contribution in [0.4, 0.5) is 11.4 Å². The maximum absolute atomic E-state index is 12.4. The molecule has 6 heteroatoms. The molecule has 0 radical (unpaired) electrons. The summed E-state index contributed by atoms with van der Waals surface area (Å²) in [7, 11) is 0. The zero-order valence-corrected chi connectivity index (χ0v) is 14.7. The Kier molecular flexibility index (Phi) is 5.20. The number of nitrogens with one attached hydrogen (secondary N) is 2. The number of carbonyl (C=O) groups excluding carboxylic acids is 2. The van der Waals surface area contributed by atoms with Gasteiger partial charge in [-0.15, -0.1) is 0 Å². The van der Waals surface area contributed by atoms with Crippen LogP contribution in [0.3, 0.4) is 0 Å². The molecule has 3 aromatic rings. The van der Waals surface area contributed by atoms with Crippen LogP contribution in [-0.4, -0.2) is 16.8 Å². The summed E-state index contributed by atoms with van der Waals surface area (Å²) in [6, 6.07) is 21.1. The quantitative estimate of drug-likeness (QED) is 0.689. The summed E-state index contributed by atoms with van der Waals surface area (Å²) in [4.78, 5) is 28.8. The fourth-order valence-electron chi connectivity index (χ4n) is 2.15. The molecule has 0 unspecified atom stereocenters. The highest BCUT2D eigenvalue weighted by Gasteiger charge is 2.13. The van der Waals surface area contributed by atoms with Crippen LogP contribution < -0.4 is 10.6 Å².